The number of nitrogens with one attached hydrogen (secondary N) is 2. The van der Waals surface area contributed by atoms with Crippen LogP contribution in [0.1, 0.15) is 47.8 Å². The van der Waals surface area contributed by atoms with E-state index in [1.54, 1.807) is 6.07 Å². The summed E-state index contributed by atoms with van der Waals surface area (Å²) in [4.78, 5) is 39.0. The first-order valence-electron chi connectivity index (χ1n) is 13.5. The van der Waals surface area contributed by atoms with Gasteiger partial charge in [-0.15, -0.1) is 0 Å². The maximum atomic E-state index is 12.9. The number of hydrogen-bond donors (Lipinski definition) is 3. The van der Waals surface area contributed by atoms with Gasteiger partial charge in [-0.2, -0.15) is 0 Å². The Labute approximate surface area is 241 Å². The number of alkyl carbamates (subject to hydrolysis) is 1. The maximum absolute atomic E-state index is 12.9. The number of aromatic hydroxyl groups is 1. The maximum Gasteiger partial charge on any atom is 0.407 e. The van der Waals surface area contributed by atoms with E-state index in [0.717, 1.165) is 22.4 Å². The minimum atomic E-state index is -0.896. The monoisotopic (exact) mass is 561 g/mol. The molecule has 0 aromatic heterocycles. The second-order valence-electron chi connectivity index (χ2n) is 10.8. The molecule has 0 aliphatic carbocycles. The SMILES string of the molecule is COC(=O)C(Cc1ccccc1)NC(=O)c1ccc(N(C)Cc2ccc(CCNC(=O)OC(C)(C)C)cc2)cc1O. The van der Waals surface area contributed by atoms with Gasteiger partial charge < -0.3 is 30.1 Å². The molecule has 3 aromatic rings. The molecule has 9 heteroatoms. The Balaban J connectivity index is 1.57. The lowest BCUT2D eigenvalue weighted by atomic mass is 10.0. The third-order valence-corrected chi connectivity index (χ3v) is 6.27. The fourth-order valence-electron chi connectivity index (χ4n) is 4.17. The van der Waals surface area contributed by atoms with E-state index in [2.05, 4.69) is 10.6 Å². The van der Waals surface area contributed by atoms with Crippen LogP contribution in [0.15, 0.2) is 72.8 Å². The van der Waals surface area contributed by atoms with Crippen molar-refractivity contribution in [3.63, 3.8) is 0 Å². The third kappa shape index (κ3) is 9.86. The summed E-state index contributed by atoms with van der Waals surface area (Å²) in [6, 6.07) is 21.3. The summed E-state index contributed by atoms with van der Waals surface area (Å²) in [5, 5.41) is 16.1. The van der Waals surface area contributed by atoms with Gasteiger partial charge in [0.15, 0.2) is 0 Å². The lowest BCUT2D eigenvalue weighted by Gasteiger charge is -2.21. The smallest absolute Gasteiger partial charge is 0.407 e. The molecule has 218 valence electrons. The molecule has 41 heavy (non-hydrogen) atoms. The van der Waals surface area contributed by atoms with E-state index in [1.165, 1.54) is 19.2 Å². The average molecular weight is 562 g/mol. The summed E-state index contributed by atoms with van der Waals surface area (Å²) >= 11 is 0. The van der Waals surface area contributed by atoms with Gasteiger partial charge >= 0.3 is 12.1 Å². The molecule has 0 bridgehead atoms. The van der Waals surface area contributed by atoms with E-state index < -0.39 is 29.6 Å². The summed E-state index contributed by atoms with van der Waals surface area (Å²) < 4.78 is 10.1. The normalized spacial score (nSPS) is 11.7. The quantitative estimate of drug-likeness (QED) is 0.293. The molecule has 0 aliphatic rings. The molecule has 3 N–H and O–H groups in total. The fourth-order valence-corrected chi connectivity index (χ4v) is 4.17. The lowest BCUT2D eigenvalue weighted by Crippen LogP contribution is -2.43. The molecule has 0 fully saturated rings. The summed E-state index contributed by atoms with van der Waals surface area (Å²) in [6.07, 6.45) is 0.507. The number of nitrogens with zero attached hydrogens (tertiary/aromatic N) is 1. The van der Waals surface area contributed by atoms with E-state index >= 15 is 0 Å². The van der Waals surface area contributed by atoms with Crippen LogP contribution < -0.4 is 15.5 Å². The molecular formula is C32H39N3O6. The topological polar surface area (TPSA) is 117 Å². The van der Waals surface area contributed by atoms with Crippen LogP contribution in [0.25, 0.3) is 0 Å². The van der Waals surface area contributed by atoms with Gasteiger partial charge in [0.05, 0.1) is 12.7 Å². The largest absolute Gasteiger partial charge is 0.507 e. The first kappa shape index (κ1) is 31.0. The number of rotatable bonds is 11. The molecule has 0 aliphatic heterocycles. The Morgan fingerprint density at radius 2 is 1.59 bits per heavy atom. The van der Waals surface area contributed by atoms with Crippen molar-refractivity contribution < 1.29 is 29.0 Å². The number of anilines is 1. The second kappa shape index (κ2) is 14.2. The van der Waals surface area contributed by atoms with E-state index in [0.29, 0.717) is 19.5 Å². The van der Waals surface area contributed by atoms with Crippen molar-refractivity contribution in [2.75, 3.05) is 25.6 Å². The highest BCUT2D eigenvalue weighted by molar-refractivity contribution is 5.99. The Morgan fingerprint density at radius 3 is 2.20 bits per heavy atom. The highest BCUT2D eigenvalue weighted by Gasteiger charge is 2.24. The standard InChI is InChI=1S/C32H39N3O6/c1-32(2,3)41-31(39)33-18-17-22-11-13-24(14-12-22)21-35(4)25-15-16-26(28(36)20-25)29(37)34-27(30(38)40-5)19-23-9-7-6-8-10-23/h6-16,20,27,36H,17-19,21H2,1-5H3,(H,33,39)(H,34,37). The number of phenolic OH excluding ortho intramolecular Hbond substituents is 1. The van der Waals surface area contributed by atoms with Gasteiger partial charge in [-0.05, 0) is 56.0 Å². The van der Waals surface area contributed by atoms with E-state index in [1.807, 2.05) is 87.3 Å². The molecule has 1 atom stereocenters. The van der Waals surface area contributed by atoms with Crippen molar-refractivity contribution in [3.8, 4) is 5.75 Å². The Kier molecular flexibility index (Phi) is 10.7. The number of esters is 1. The Morgan fingerprint density at radius 1 is 0.927 bits per heavy atom. The molecule has 0 heterocycles. The zero-order chi connectivity index (χ0) is 30.0. The number of amides is 2. The summed E-state index contributed by atoms with van der Waals surface area (Å²) in [6.45, 7) is 6.52. The molecule has 0 saturated heterocycles. The van der Waals surface area contributed by atoms with Gasteiger partial charge in [0.1, 0.15) is 17.4 Å². The Hall–Kier alpha value is -4.53. The van der Waals surface area contributed by atoms with Crippen molar-refractivity contribution in [2.45, 2.75) is 51.8 Å². The zero-order valence-electron chi connectivity index (χ0n) is 24.3. The molecule has 1 unspecified atom stereocenters. The van der Waals surface area contributed by atoms with Crippen molar-refractivity contribution in [3.05, 3.63) is 95.1 Å². The van der Waals surface area contributed by atoms with Gasteiger partial charge in [-0.1, -0.05) is 54.6 Å². The van der Waals surface area contributed by atoms with Crippen LogP contribution in [0, 0.1) is 0 Å². The number of ether oxygens (including phenoxy) is 2. The number of methoxy groups -OCH3 is 1. The highest BCUT2D eigenvalue weighted by atomic mass is 16.6. The molecule has 3 aromatic carbocycles. The summed E-state index contributed by atoms with van der Waals surface area (Å²) in [5.41, 5.74) is 3.26. The van der Waals surface area contributed by atoms with Crippen molar-refractivity contribution >= 4 is 23.7 Å². The molecule has 0 spiro atoms. The van der Waals surface area contributed by atoms with Gasteiger partial charge in [0.25, 0.3) is 5.91 Å². The molecular weight excluding hydrogens is 522 g/mol. The Bertz CT molecular complexity index is 1320. The van der Waals surface area contributed by atoms with Crippen LogP contribution in [0.2, 0.25) is 0 Å². The minimum absolute atomic E-state index is 0.0634. The van der Waals surface area contributed by atoms with Gasteiger partial charge in [-0.25, -0.2) is 9.59 Å². The summed E-state index contributed by atoms with van der Waals surface area (Å²) in [7, 11) is 3.16. The third-order valence-electron chi connectivity index (χ3n) is 6.27. The van der Waals surface area contributed by atoms with Gasteiger partial charge in [0.2, 0.25) is 0 Å². The number of carbonyl (C=O) groups is 3. The van der Waals surface area contributed by atoms with E-state index in [-0.39, 0.29) is 17.7 Å². The van der Waals surface area contributed by atoms with E-state index in [9.17, 15) is 19.5 Å². The predicted octanol–water partition coefficient (Wildman–Crippen LogP) is 4.61. The molecule has 9 nitrogen and oxygen atoms in total. The summed E-state index contributed by atoms with van der Waals surface area (Å²) in [5.74, 6) is -1.33. The van der Waals surface area contributed by atoms with Crippen molar-refractivity contribution in [2.24, 2.45) is 0 Å². The van der Waals surface area contributed by atoms with Crippen molar-refractivity contribution in [1.29, 1.82) is 0 Å². The van der Waals surface area contributed by atoms with Gasteiger partial charge in [0, 0.05) is 38.3 Å². The number of carbonyl (C=O) groups excluding carboxylic acids is 3. The van der Waals surface area contributed by atoms with Gasteiger partial charge in [-0.3, -0.25) is 4.79 Å². The van der Waals surface area contributed by atoms with Crippen molar-refractivity contribution in [1.82, 2.24) is 10.6 Å². The first-order chi connectivity index (χ1) is 19.4. The molecule has 0 radical (unpaired) electrons. The highest BCUT2D eigenvalue weighted by Crippen LogP contribution is 2.25. The molecule has 0 saturated carbocycles. The second-order valence-corrected chi connectivity index (χ2v) is 10.8. The predicted molar refractivity (Wildman–Crippen MR) is 158 cm³/mol. The van der Waals surface area contributed by atoms with Crippen LogP contribution in [0.4, 0.5) is 10.5 Å². The number of phenols is 1. The van der Waals surface area contributed by atoms with Crippen LogP contribution in [-0.2, 0) is 33.7 Å². The lowest BCUT2D eigenvalue weighted by molar-refractivity contribution is -0.142. The first-order valence-corrected chi connectivity index (χ1v) is 13.5. The fraction of sp³-hybridized carbons (Fsp3) is 0.344. The zero-order valence-corrected chi connectivity index (χ0v) is 24.3. The van der Waals surface area contributed by atoms with Crippen LogP contribution in [0.3, 0.4) is 0 Å². The molecule has 3 rings (SSSR count). The average Bonchev–Trinajstić information content (AvgIpc) is 2.92. The number of hydrogen-bond acceptors (Lipinski definition) is 7. The number of benzene rings is 3. The minimum Gasteiger partial charge on any atom is -0.507 e. The van der Waals surface area contributed by atoms with Crippen LogP contribution in [-0.4, -0.2) is 55.4 Å². The molecule has 2 amide bonds. The van der Waals surface area contributed by atoms with E-state index in [4.69, 9.17) is 9.47 Å². The van der Waals surface area contributed by atoms with Crippen LogP contribution >= 0.6 is 0 Å². The van der Waals surface area contributed by atoms with Crippen LogP contribution in [0.5, 0.6) is 5.75 Å².